The van der Waals surface area contributed by atoms with E-state index in [1.54, 1.807) is 0 Å². The predicted octanol–water partition coefficient (Wildman–Crippen LogP) is 0.353. The average molecular weight is 170 g/mol. The minimum Gasteiger partial charge on any atom is -0.356 e. The smallest absolute Gasteiger partial charge is 0.223 e. The molecule has 3 unspecified atom stereocenters. The lowest BCUT2D eigenvalue weighted by atomic mass is 10.2. The Balaban J connectivity index is 2.11. The van der Waals surface area contributed by atoms with Crippen LogP contribution in [0.5, 0.6) is 0 Å². The van der Waals surface area contributed by atoms with E-state index in [1.807, 2.05) is 6.92 Å². The molecule has 0 aromatic rings. The van der Waals surface area contributed by atoms with Gasteiger partial charge >= 0.3 is 0 Å². The highest BCUT2D eigenvalue weighted by atomic mass is 16.2. The first-order valence-corrected chi connectivity index (χ1v) is 4.63. The summed E-state index contributed by atoms with van der Waals surface area (Å²) in [5.41, 5.74) is 5.43. The van der Waals surface area contributed by atoms with Crippen molar-refractivity contribution >= 4 is 5.91 Å². The number of hydrogen-bond acceptors (Lipinski definition) is 2. The monoisotopic (exact) mass is 170 g/mol. The van der Waals surface area contributed by atoms with Crippen LogP contribution in [0.15, 0.2) is 0 Å². The van der Waals surface area contributed by atoms with Crippen LogP contribution >= 0.6 is 0 Å². The first kappa shape index (κ1) is 9.52. The SMILES string of the molecule is CC(CN)CNC(=O)C1CC1C. The van der Waals surface area contributed by atoms with Crippen molar-refractivity contribution in [2.45, 2.75) is 20.3 Å². The zero-order chi connectivity index (χ0) is 9.14. The Morgan fingerprint density at radius 2 is 2.33 bits per heavy atom. The first-order chi connectivity index (χ1) is 5.65. The molecular weight excluding hydrogens is 152 g/mol. The van der Waals surface area contributed by atoms with Gasteiger partial charge in [0.15, 0.2) is 0 Å². The molecule has 3 N–H and O–H groups in total. The lowest BCUT2D eigenvalue weighted by Gasteiger charge is -2.09. The number of hydrogen-bond donors (Lipinski definition) is 2. The zero-order valence-corrected chi connectivity index (χ0v) is 7.84. The van der Waals surface area contributed by atoms with E-state index >= 15 is 0 Å². The number of rotatable bonds is 4. The van der Waals surface area contributed by atoms with E-state index in [4.69, 9.17) is 5.73 Å². The molecule has 70 valence electrons. The largest absolute Gasteiger partial charge is 0.356 e. The van der Waals surface area contributed by atoms with Gasteiger partial charge in [-0.3, -0.25) is 4.79 Å². The highest BCUT2D eigenvalue weighted by molar-refractivity contribution is 5.81. The first-order valence-electron chi connectivity index (χ1n) is 4.63. The molecule has 3 heteroatoms. The molecule has 0 spiro atoms. The number of nitrogens with one attached hydrogen (secondary N) is 1. The van der Waals surface area contributed by atoms with Crippen LogP contribution in [-0.2, 0) is 4.79 Å². The Bertz CT molecular complexity index is 170. The maximum absolute atomic E-state index is 11.3. The molecule has 1 aliphatic rings. The Hall–Kier alpha value is -0.570. The van der Waals surface area contributed by atoms with Gasteiger partial charge < -0.3 is 11.1 Å². The van der Waals surface area contributed by atoms with Crippen molar-refractivity contribution in [2.24, 2.45) is 23.5 Å². The van der Waals surface area contributed by atoms with Crippen LogP contribution in [0.1, 0.15) is 20.3 Å². The molecule has 3 atom stereocenters. The second kappa shape index (κ2) is 3.90. The van der Waals surface area contributed by atoms with Gasteiger partial charge in [-0.15, -0.1) is 0 Å². The van der Waals surface area contributed by atoms with Crippen LogP contribution in [0.2, 0.25) is 0 Å². The summed E-state index contributed by atoms with van der Waals surface area (Å²) < 4.78 is 0. The molecule has 1 saturated carbocycles. The van der Waals surface area contributed by atoms with Gasteiger partial charge in [-0.05, 0) is 24.8 Å². The fourth-order valence-electron chi connectivity index (χ4n) is 1.18. The number of carbonyl (C=O) groups excluding carboxylic acids is 1. The van der Waals surface area contributed by atoms with E-state index < -0.39 is 0 Å². The van der Waals surface area contributed by atoms with Gasteiger partial charge in [0.1, 0.15) is 0 Å². The van der Waals surface area contributed by atoms with Crippen LogP contribution in [0.4, 0.5) is 0 Å². The minimum absolute atomic E-state index is 0.211. The summed E-state index contributed by atoms with van der Waals surface area (Å²) in [5.74, 6) is 1.49. The van der Waals surface area contributed by atoms with Crippen molar-refractivity contribution in [1.29, 1.82) is 0 Å². The summed E-state index contributed by atoms with van der Waals surface area (Å²) in [7, 11) is 0. The topological polar surface area (TPSA) is 55.1 Å². The second-order valence-electron chi connectivity index (χ2n) is 3.91. The normalized spacial score (nSPS) is 29.6. The van der Waals surface area contributed by atoms with Gasteiger partial charge in [0.25, 0.3) is 0 Å². The van der Waals surface area contributed by atoms with Crippen molar-refractivity contribution in [3.8, 4) is 0 Å². The molecule has 0 saturated heterocycles. The lowest BCUT2D eigenvalue weighted by Crippen LogP contribution is -2.32. The van der Waals surface area contributed by atoms with Crippen molar-refractivity contribution < 1.29 is 4.79 Å². The fraction of sp³-hybridized carbons (Fsp3) is 0.889. The highest BCUT2D eigenvalue weighted by Gasteiger charge is 2.38. The van der Waals surface area contributed by atoms with Crippen molar-refractivity contribution in [2.75, 3.05) is 13.1 Å². The van der Waals surface area contributed by atoms with Crippen molar-refractivity contribution in [3.63, 3.8) is 0 Å². The minimum atomic E-state index is 0.211. The quantitative estimate of drug-likeness (QED) is 0.640. The van der Waals surface area contributed by atoms with Gasteiger partial charge in [0, 0.05) is 12.5 Å². The average Bonchev–Trinajstić information content (AvgIpc) is 2.77. The summed E-state index contributed by atoms with van der Waals surface area (Å²) >= 11 is 0. The third-order valence-electron chi connectivity index (χ3n) is 2.47. The standard InChI is InChI=1S/C9H18N2O/c1-6(4-10)5-11-9(12)8-3-7(8)2/h6-8H,3-5,10H2,1-2H3,(H,11,12). The van der Waals surface area contributed by atoms with Gasteiger partial charge in [-0.2, -0.15) is 0 Å². The molecule has 0 aromatic heterocycles. The molecule has 3 nitrogen and oxygen atoms in total. The Morgan fingerprint density at radius 3 is 2.75 bits per heavy atom. The second-order valence-corrected chi connectivity index (χ2v) is 3.91. The molecule has 1 fully saturated rings. The van der Waals surface area contributed by atoms with Crippen LogP contribution in [0.3, 0.4) is 0 Å². The maximum Gasteiger partial charge on any atom is 0.223 e. The zero-order valence-electron chi connectivity index (χ0n) is 7.84. The Morgan fingerprint density at radius 1 is 1.75 bits per heavy atom. The summed E-state index contributed by atoms with van der Waals surface area (Å²) in [4.78, 5) is 11.3. The van der Waals surface area contributed by atoms with E-state index in [-0.39, 0.29) is 11.8 Å². The molecule has 0 bridgehead atoms. The van der Waals surface area contributed by atoms with Gasteiger partial charge in [0.05, 0.1) is 0 Å². The fourth-order valence-corrected chi connectivity index (χ4v) is 1.18. The molecule has 1 aliphatic carbocycles. The summed E-state index contributed by atoms with van der Waals surface area (Å²) in [6.07, 6.45) is 1.06. The lowest BCUT2D eigenvalue weighted by molar-refractivity contribution is -0.122. The summed E-state index contributed by atoms with van der Waals surface area (Å²) in [6, 6.07) is 0. The molecule has 0 heterocycles. The van der Waals surface area contributed by atoms with Crippen LogP contribution in [0, 0.1) is 17.8 Å². The molecule has 12 heavy (non-hydrogen) atoms. The van der Waals surface area contributed by atoms with E-state index in [0.29, 0.717) is 18.4 Å². The van der Waals surface area contributed by atoms with Crippen molar-refractivity contribution in [3.05, 3.63) is 0 Å². The van der Waals surface area contributed by atoms with Gasteiger partial charge in [-0.25, -0.2) is 0 Å². The van der Waals surface area contributed by atoms with Gasteiger partial charge in [-0.1, -0.05) is 13.8 Å². The van der Waals surface area contributed by atoms with Crippen LogP contribution in [-0.4, -0.2) is 19.0 Å². The number of carbonyl (C=O) groups is 1. The van der Waals surface area contributed by atoms with Gasteiger partial charge in [0.2, 0.25) is 5.91 Å². The number of amides is 1. The predicted molar refractivity (Wildman–Crippen MR) is 48.5 cm³/mol. The maximum atomic E-state index is 11.3. The molecule has 1 rings (SSSR count). The van der Waals surface area contributed by atoms with Crippen LogP contribution < -0.4 is 11.1 Å². The highest BCUT2D eigenvalue weighted by Crippen LogP contribution is 2.37. The van der Waals surface area contributed by atoms with Crippen LogP contribution in [0.25, 0.3) is 0 Å². The molecule has 0 aromatic carbocycles. The van der Waals surface area contributed by atoms with Crippen molar-refractivity contribution in [1.82, 2.24) is 5.32 Å². The van der Waals surface area contributed by atoms with E-state index in [0.717, 1.165) is 13.0 Å². The summed E-state index contributed by atoms with van der Waals surface area (Å²) in [5, 5.41) is 2.91. The van der Waals surface area contributed by atoms with E-state index in [1.165, 1.54) is 0 Å². The third-order valence-corrected chi connectivity index (χ3v) is 2.47. The Labute approximate surface area is 73.7 Å². The van der Waals surface area contributed by atoms with E-state index in [9.17, 15) is 4.79 Å². The third kappa shape index (κ3) is 2.48. The molecule has 1 amide bonds. The molecular formula is C9H18N2O. The Kier molecular flexibility index (Phi) is 3.09. The molecule has 0 aliphatic heterocycles. The molecule has 0 radical (unpaired) electrons. The summed E-state index contributed by atoms with van der Waals surface area (Å²) in [6.45, 7) is 5.51. The van der Waals surface area contributed by atoms with E-state index in [2.05, 4.69) is 12.2 Å². The number of nitrogens with two attached hydrogens (primary N) is 1.